The number of aromatic nitrogens is 1. The van der Waals surface area contributed by atoms with Crippen LogP contribution in [-0.4, -0.2) is 11.0 Å². The average molecular weight is 407 g/mol. The van der Waals surface area contributed by atoms with Crippen LogP contribution in [0.3, 0.4) is 0 Å². The SMILES string of the molecule is CCCCCCCc1ccc(-c2ccc(OC(=O)C(C)(C#N)CC(C)C)cc2)nc1. The molecule has 0 spiro atoms. The molecule has 0 N–H and O–H groups in total. The molecule has 0 radical (unpaired) electrons. The molecular formula is C26H34N2O2. The van der Waals surface area contributed by atoms with Gasteiger partial charge in [-0.25, -0.2) is 4.79 Å². The molecule has 2 rings (SSSR count). The molecule has 0 amide bonds. The van der Waals surface area contributed by atoms with Crippen molar-refractivity contribution >= 4 is 5.97 Å². The lowest BCUT2D eigenvalue weighted by molar-refractivity contribution is -0.142. The smallest absolute Gasteiger partial charge is 0.331 e. The molecule has 30 heavy (non-hydrogen) atoms. The number of hydrogen-bond donors (Lipinski definition) is 0. The van der Waals surface area contributed by atoms with Crippen molar-refractivity contribution in [1.82, 2.24) is 4.98 Å². The molecule has 1 heterocycles. The highest BCUT2D eigenvalue weighted by Crippen LogP contribution is 2.29. The molecule has 0 aliphatic heterocycles. The van der Waals surface area contributed by atoms with Crippen LogP contribution in [0.2, 0.25) is 0 Å². The predicted octanol–water partition coefficient (Wildman–Crippen LogP) is 6.74. The molecule has 0 bridgehead atoms. The summed E-state index contributed by atoms with van der Waals surface area (Å²) in [6.45, 7) is 7.85. The monoisotopic (exact) mass is 406 g/mol. The van der Waals surface area contributed by atoms with E-state index < -0.39 is 11.4 Å². The zero-order valence-corrected chi connectivity index (χ0v) is 18.8. The number of unbranched alkanes of at least 4 members (excludes halogenated alkanes) is 4. The number of pyridine rings is 1. The van der Waals surface area contributed by atoms with Crippen LogP contribution in [0.5, 0.6) is 5.75 Å². The molecule has 160 valence electrons. The van der Waals surface area contributed by atoms with Crippen LogP contribution in [0.25, 0.3) is 11.3 Å². The van der Waals surface area contributed by atoms with Crippen LogP contribution in [0, 0.1) is 22.7 Å². The van der Waals surface area contributed by atoms with Crippen LogP contribution >= 0.6 is 0 Å². The van der Waals surface area contributed by atoms with Crippen molar-refractivity contribution in [1.29, 1.82) is 5.26 Å². The number of aryl methyl sites for hydroxylation is 1. The molecule has 4 nitrogen and oxygen atoms in total. The molecule has 1 aromatic heterocycles. The lowest BCUT2D eigenvalue weighted by atomic mass is 9.83. The molecule has 0 aliphatic rings. The molecule has 0 aliphatic carbocycles. The Bertz CT molecular complexity index is 835. The Kier molecular flexibility index (Phi) is 9.05. The quantitative estimate of drug-likeness (QED) is 0.235. The second-order valence-corrected chi connectivity index (χ2v) is 8.67. The molecule has 1 atom stereocenters. The summed E-state index contributed by atoms with van der Waals surface area (Å²) in [6, 6.07) is 13.6. The number of benzene rings is 1. The molecule has 2 aromatic rings. The van der Waals surface area contributed by atoms with Gasteiger partial charge >= 0.3 is 5.97 Å². The van der Waals surface area contributed by atoms with Gasteiger partial charge in [-0.05, 0) is 68.0 Å². The molecule has 0 saturated heterocycles. The number of ether oxygens (including phenoxy) is 1. The van der Waals surface area contributed by atoms with Gasteiger partial charge in [0.05, 0.1) is 11.8 Å². The zero-order chi connectivity index (χ0) is 22.0. The topological polar surface area (TPSA) is 63.0 Å². The Balaban J connectivity index is 1.95. The van der Waals surface area contributed by atoms with E-state index in [1.807, 2.05) is 38.2 Å². The van der Waals surface area contributed by atoms with Gasteiger partial charge < -0.3 is 4.74 Å². The van der Waals surface area contributed by atoms with Crippen LogP contribution in [0.15, 0.2) is 42.6 Å². The summed E-state index contributed by atoms with van der Waals surface area (Å²) >= 11 is 0. The predicted molar refractivity (Wildman–Crippen MR) is 121 cm³/mol. The number of carbonyl (C=O) groups excluding carboxylic acids is 1. The Morgan fingerprint density at radius 3 is 2.37 bits per heavy atom. The highest BCUT2D eigenvalue weighted by Gasteiger charge is 2.36. The van der Waals surface area contributed by atoms with Gasteiger partial charge in [-0.2, -0.15) is 5.26 Å². The van der Waals surface area contributed by atoms with Crippen molar-refractivity contribution in [2.24, 2.45) is 11.3 Å². The van der Waals surface area contributed by atoms with Gasteiger partial charge in [0, 0.05) is 11.8 Å². The maximum Gasteiger partial charge on any atom is 0.331 e. The maximum absolute atomic E-state index is 12.5. The summed E-state index contributed by atoms with van der Waals surface area (Å²) in [5.41, 5.74) is 1.99. The Morgan fingerprint density at radius 1 is 1.10 bits per heavy atom. The summed E-state index contributed by atoms with van der Waals surface area (Å²) < 4.78 is 5.47. The third kappa shape index (κ3) is 6.99. The van der Waals surface area contributed by atoms with E-state index in [4.69, 9.17) is 4.74 Å². The molecular weight excluding hydrogens is 372 g/mol. The summed E-state index contributed by atoms with van der Waals surface area (Å²) in [7, 11) is 0. The third-order valence-corrected chi connectivity index (χ3v) is 5.27. The first-order valence-corrected chi connectivity index (χ1v) is 11.1. The lowest BCUT2D eigenvalue weighted by Gasteiger charge is -2.21. The standard InChI is InChI=1S/C26H34N2O2/c1-5-6-7-8-9-10-21-11-16-24(28-18-21)22-12-14-23(15-13-22)30-25(29)26(4,19-27)17-20(2)3/h11-16,18,20H,5-10,17H2,1-4H3. The van der Waals surface area contributed by atoms with Gasteiger partial charge in [0.1, 0.15) is 5.75 Å². The highest BCUT2D eigenvalue weighted by molar-refractivity contribution is 5.81. The van der Waals surface area contributed by atoms with Gasteiger partial charge in [-0.15, -0.1) is 0 Å². The van der Waals surface area contributed by atoms with Gasteiger partial charge in [0.25, 0.3) is 0 Å². The van der Waals surface area contributed by atoms with E-state index in [9.17, 15) is 10.1 Å². The van der Waals surface area contributed by atoms with Crippen LogP contribution in [0.1, 0.15) is 71.8 Å². The lowest BCUT2D eigenvalue weighted by Crippen LogP contribution is -2.32. The maximum atomic E-state index is 12.5. The van der Waals surface area contributed by atoms with Gasteiger partial charge in [0.2, 0.25) is 0 Å². The number of esters is 1. The van der Waals surface area contributed by atoms with Crippen LogP contribution < -0.4 is 4.74 Å². The third-order valence-electron chi connectivity index (χ3n) is 5.27. The van der Waals surface area contributed by atoms with Crippen molar-refractivity contribution in [3.05, 3.63) is 48.2 Å². The first-order chi connectivity index (χ1) is 14.4. The van der Waals surface area contributed by atoms with Crippen molar-refractivity contribution < 1.29 is 9.53 Å². The average Bonchev–Trinajstić information content (AvgIpc) is 2.74. The van der Waals surface area contributed by atoms with Gasteiger partial charge in [-0.3, -0.25) is 4.98 Å². The Morgan fingerprint density at radius 2 is 1.80 bits per heavy atom. The number of hydrogen-bond acceptors (Lipinski definition) is 4. The Labute approximate surface area is 181 Å². The molecule has 0 saturated carbocycles. The fraction of sp³-hybridized carbons (Fsp3) is 0.500. The largest absolute Gasteiger partial charge is 0.425 e. The highest BCUT2D eigenvalue weighted by atomic mass is 16.5. The van der Waals surface area contributed by atoms with E-state index in [-0.39, 0.29) is 5.92 Å². The minimum Gasteiger partial charge on any atom is -0.425 e. The van der Waals surface area contributed by atoms with Crippen molar-refractivity contribution in [2.45, 2.75) is 72.6 Å². The first kappa shape index (κ1) is 23.6. The van der Waals surface area contributed by atoms with Crippen molar-refractivity contribution in [2.75, 3.05) is 0 Å². The van der Waals surface area contributed by atoms with Crippen molar-refractivity contribution in [3.63, 3.8) is 0 Å². The molecule has 4 heteroatoms. The van der Waals surface area contributed by atoms with E-state index in [1.54, 1.807) is 19.1 Å². The van der Waals surface area contributed by atoms with Gasteiger partial charge in [0.15, 0.2) is 5.41 Å². The summed E-state index contributed by atoms with van der Waals surface area (Å²) in [5, 5.41) is 9.43. The van der Waals surface area contributed by atoms with Crippen molar-refractivity contribution in [3.8, 4) is 23.1 Å². The fourth-order valence-electron chi connectivity index (χ4n) is 3.58. The van der Waals surface area contributed by atoms with E-state index in [2.05, 4.69) is 24.0 Å². The minimum atomic E-state index is -1.14. The summed E-state index contributed by atoms with van der Waals surface area (Å²) in [5.74, 6) is 0.167. The van der Waals surface area contributed by atoms with E-state index in [0.29, 0.717) is 12.2 Å². The minimum absolute atomic E-state index is 0.231. The summed E-state index contributed by atoms with van der Waals surface area (Å²) in [4.78, 5) is 17.1. The van der Waals surface area contributed by atoms with Crippen LogP contribution in [-0.2, 0) is 11.2 Å². The summed E-state index contributed by atoms with van der Waals surface area (Å²) in [6.07, 6.45) is 9.86. The second kappa shape index (κ2) is 11.5. The number of rotatable bonds is 11. The fourth-order valence-corrected chi connectivity index (χ4v) is 3.58. The Hall–Kier alpha value is -2.67. The normalized spacial score (nSPS) is 12.9. The van der Waals surface area contributed by atoms with Gasteiger partial charge in [-0.1, -0.05) is 52.5 Å². The zero-order valence-electron chi connectivity index (χ0n) is 18.8. The molecule has 1 aromatic carbocycles. The molecule has 1 unspecified atom stereocenters. The first-order valence-electron chi connectivity index (χ1n) is 11.1. The van der Waals surface area contributed by atoms with E-state index >= 15 is 0 Å². The second-order valence-electron chi connectivity index (χ2n) is 8.67. The number of nitriles is 1. The molecule has 0 fully saturated rings. The van der Waals surface area contributed by atoms with E-state index in [1.165, 1.54) is 37.7 Å². The van der Waals surface area contributed by atoms with Crippen LogP contribution in [0.4, 0.5) is 0 Å². The van der Waals surface area contributed by atoms with E-state index in [0.717, 1.165) is 17.7 Å². The number of nitrogens with zero attached hydrogens (tertiary/aromatic N) is 2. The number of carbonyl (C=O) groups is 1.